The van der Waals surface area contributed by atoms with E-state index in [2.05, 4.69) is 10.3 Å². The monoisotopic (exact) mass is 251 g/mol. The zero-order valence-electron chi connectivity index (χ0n) is 10.5. The molecule has 6 heteroatoms. The van der Waals surface area contributed by atoms with Gasteiger partial charge in [-0.2, -0.15) is 0 Å². The second kappa shape index (κ2) is 6.58. The number of hydrogen-bond donors (Lipinski definition) is 2. The summed E-state index contributed by atoms with van der Waals surface area (Å²) < 4.78 is 0. The molecule has 0 spiro atoms. The van der Waals surface area contributed by atoms with Crippen LogP contribution >= 0.6 is 0 Å². The van der Waals surface area contributed by atoms with E-state index in [9.17, 15) is 9.59 Å². The molecule has 6 nitrogen and oxygen atoms in total. The molecule has 0 saturated heterocycles. The van der Waals surface area contributed by atoms with Crippen LogP contribution in [-0.2, 0) is 4.79 Å². The Morgan fingerprint density at radius 2 is 2.17 bits per heavy atom. The molecule has 0 radical (unpaired) electrons. The van der Waals surface area contributed by atoms with E-state index in [0.717, 1.165) is 0 Å². The minimum absolute atomic E-state index is 0.0988. The molecule has 0 aliphatic carbocycles. The lowest BCUT2D eigenvalue weighted by Gasteiger charge is -2.22. The summed E-state index contributed by atoms with van der Waals surface area (Å²) in [5.41, 5.74) is 0.101. The SMILES string of the molecule is CCNC(=O)CN(CC)c1ncccc1C(=O)O. The van der Waals surface area contributed by atoms with Crippen molar-refractivity contribution >= 4 is 17.7 Å². The van der Waals surface area contributed by atoms with Crippen molar-refractivity contribution in [1.82, 2.24) is 10.3 Å². The highest BCUT2D eigenvalue weighted by Crippen LogP contribution is 2.16. The van der Waals surface area contributed by atoms with Gasteiger partial charge in [0.05, 0.1) is 6.54 Å². The fraction of sp³-hybridized carbons (Fsp3) is 0.417. The minimum Gasteiger partial charge on any atom is -0.478 e. The quantitative estimate of drug-likeness (QED) is 0.779. The number of anilines is 1. The number of carboxylic acid groups (broad SMARTS) is 1. The van der Waals surface area contributed by atoms with Crippen LogP contribution in [0.25, 0.3) is 0 Å². The first-order chi connectivity index (χ1) is 8.60. The number of nitrogens with one attached hydrogen (secondary N) is 1. The first-order valence-corrected chi connectivity index (χ1v) is 5.80. The zero-order chi connectivity index (χ0) is 13.5. The van der Waals surface area contributed by atoms with Crippen LogP contribution < -0.4 is 10.2 Å². The van der Waals surface area contributed by atoms with Crippen LogP contribution in [0.4, 0.5) is 5.82 Å². The molecule has 1 rings (SSSR count). The number of pyridine rings is 1. The van der Waals surface area contributed by atoms with E-state index >= 15 is 0 Å². The molecule has 1 aromatic heterocycles. The molecule has 0 aliphatic rings. The number of carbonyl (C=O) groups is 2. The zero-order valence-corrected chi connectivity index (χ0v) is 10.5. The van der Waals surface area contributed by atoms with Crippen molar-refractivity contribution in [3.63, 3.8) is 0 Å². The van der Waals surface area contributed by atoms with Gasteiger partial charge in [0.2, 0.25) is 5.91 Å². The predicted octanol–water partition coefficient (Wildman–Crippen LogP) is 0.742. The van der Waals surface area contributed by atoms with Crippen molar-refractivity contribution in [3.05, 3.63) is 23.9 Å². The highest BCUT2D eigenvalue weighted by molar-refractivity contribution is 5.94. The third kappa shape index (κ3) is 3.44. The lowest BCUT2D eigenvalue weighted by Crippen LogP contribution is -2.38. The molecule has 0 saturated carbocycles. The first-order valence-electron chi connectivity index (χ1n) is 5.80. The van der Waals surface area contributed by atoms with Crippen molar-refractivity contribution < 1.29 is 14.7 Å². The summed E-state index contributed by atoms with van der Waals surface area (Å²) in [7, 11) is 0. The van der Waals surface area contributed by atoms with Gasteiger partial charge in [0.25, 0.3) is 0 Å². The number of aromatic nitrogens is 1. The van der Waals surface area contributed by atoms with E-state index in [-0.39, 0.29) is 18.0 Å². The Hall–Kier alpha value is -2.11. The number of carboxylic acids is 1. The maximum atomic E-state index is 11.5. The highest BCUT2D eigenvalue weighted by Gasteiger charge is 2.17. The van der Waals surface area contributed by atoms with Crippen molar-refractivity contribution in [2.45, 2.75) is 13.8 Å². The van der Waals surface area contributed by atoms with Crippen LogP contribution in [0.1, 0.15) is 24.2 Å². The van der Waals surface area contributed by atoms with Gasteiger partial charge >= 0.3 is 5.97 Å². The molecule has 1 aromatic rings. The molecule has 98 valence electrons. The topological polar surface area (TPSA) is 82.5 Å². The summed E-state index contributed by atoms with van der Waals surface area (Å²) in [6.07, 6.45) is 1.52. The number of nitrogens with zero attached hydrogens (tertiary/aromatic N) is 2. The Balaban J connectivity index is 2.94. The third-order valence-corrected chi connectivity index (χ3v) is 2.41. The Bertz CT molecular complexity index is 434. The maximum Gasteiger partial charge on any atom is 0.339 e. The van der Waals surface area contributed by atoms with E-state index in [1.54, 1.807) is 11.0 Å². The summed E-state index contributed by atoms with van der Waals surface area (Å²) in [4.78, 5) is 28.3. The Labute approximate surface area is 106 Å². The Morgan fingerprint density at radius 1 is 1.44 bits per heavy atom. The van der Waals surface area contributed by atoms with E-state index in [0.29, 0.717) is 18.9 Å². The predicted molar refractivity (Wildman–Crippen MR) is 67.8 cm³/mol. The van der Waals surface area contributed by atoms with Gasteiger partial charge in [-0.1, -0.05) is 0 Å². The van der Waals surface area contributed by atoms with Gasteiger partial charge in [0.15, 0.2) is 0 Å². The fourth-order valence-electron chi connectivity index (χ4n) is 1.58. The number of aromatic carboxylic acids is 1. The summed E-state index contributed by atoms with van der Waals surface area (Å²) in [5, 5.41) is 11.8. The van der Waals surface area contributed by atoms with E-state index in [1.165, 1.54) is 12.3 Å². The van der Waals surface area contributed by atoms with Crippen molar-refractivity contribution in [3.8, 4) is 0 Å². The van der Waals surface area contributed by atoms with Gasteiger partial charge < -0.3 is 15.3 Å². The standard InChI is InChI=1S/C12H17N3O3/c1-3-13-10(16)8-15(4-2)11-9(12(17)18)6-5-7-14-11/h5-7H,3-4,8H2,1-2H3,(H,13,16)(H,17,18). The third-order valence-electron chi connectivity index (χ3n) is 2.41. The van der Waals surface area contributed by atoms with Crippen LogP contribution in [-0.4, -0.2) is 41.6 Å². The number of likely N-dealkylation sites (N-methyl/N-ethyl adjacent to an activating group) is 2. The second-order valence-corrected chi connectivity index (χ2v) is 3.65. The van der Waals surface area contributed by atoms with Gasteiger partial charge in [-0.3, -0.25) is 4.79 Å². The highest BCUT2D eigenvalue weighted by atomic mass is 16.4. The Morgan fingerprint density at radius 3 is 2.72 bits per heavy atom. The molecule has 2 N–H and O–H groups in total. The first kappa shape index (κ1) is 14.0. The minimum atomic E-state index is -1.05. The smallest absolute Gasteiger partial charge is 0.339 e. The van der Waals surface area contributed by atoms with Crippen molar-refractivity contribution in [2.24, 2.45) is 0 Å². The molecule has 18 heavy (non-hydrogen) atoms. The molecule has 0 aromatic carbocycles. The summed E-state index contributed by atoms with van der Waals surface area (Å²) >= 11 is 0. The lowest BCUT2D eigenvalue weighted by molar-refractivity contribution is -0.119. The van der Waals surface area contributed by atoms with Gasteiger partial charge in [0, 0.05) is 19.3 Å². The lowest BCUT2D eigenvalue weighted by atomic mass is 10.2. The maximum absolute atomic E-state index is 11.5. The van der Waals surface area contributed by atoms with Gasteiger partial charge in [-0.25, -0.2) is 9.78 Å². The Kier molecular flexibility index (Phi) is 5.10. The molecule has 0 aliphatic heterocycles. The van der Waals surface area contributed by atoms with Crippen LogP contribution in [0.15, 0.2) is 18.3 Å². The largest absolute Gasteiger partial charge is 0.478 e. The summed E-state index contributed by atoms with van der Waals surface area (Å²) in [6.45, 7) is 4.83. The van der Waals surface area contributed by atoms with Gasteiger partial charge in [0.1, 0.15) is 11.4 Å². The fourth-order valence-corrected chi connectivity index (χ4v) is 1.58. The van der Waals surface area contributed by atoms with Crippen LogP contribution in [0, 0.1) is 0 Å². The second-order valence-electron chi connectivity index (χ2n) is 3.65. The molecule has 1 amide bonds. The van der Waals surface area contributed by atoms with Crippen molar-refractivity contribution in [2.75, 3.05) is 24.5 Å². The number of rotatable bonds is 6. The van der Waals surface area contributed by atoms with Crippen molar-refractivity contribution in [1.29, 1.82) is 0 Å². The molecule has 0 atom stereocenters. The average Bonchev–Trinajstić information content (AvgIpc) is 2.36. The molecule has 0 bridgehead atoms. The number of carbonyl (C=O) groups excluding carboxylic acids is 1. The average molecular weight is 251 g/mol. The van der Waals surface area contributed by atoms with Crippen LogP contribution in [0.2, 0.25) is 0 Å². The molecular formula is C12H17N3O3. The van der Waals surface area contributed by atoms with Gasteiger partial charge in [-0.05, 0) is 26.0 Å². The van der Waals surface area contributed by atoms with E-state index < -0.39 is 5.97 Å². The van der Waals surface area contributed by atoms with Crippen LogP contribution in [0.3, 0.4) is 0 Å². The normalized spacial score (nSPS) is 9.89. The molecule has 1 heterocycles. The van der Waals surface area contributed by atoms with E-state index in [1.807, 2.05) is 13.8 Å². The van der Waals surface area contributed by atoms with Gasteiger partial charge in [-0.15, -0.1) is 0 Å². The summed E-state index contributed by atoms with van der Waals surface area (Å²) in [6, 6.07) is 3.04. The molecule has 0 fully saturated rings. The molecule has 0 unspecified atom stereocenters. The summed E-state index contributed by atoms with van der Waals surface area (Å²) in [5.74, 6) is -0.882. The molecular weight excluding hydrogens is 234 g/mol. The number of amides is 1. The van der Waals surface area contributed by atoms with Crippen LogP contribution in [0.5, 0.6) is 0 Å². The van der Waals surface area contributed by atoms with E-state index in [4.69, 9.17) is 5.11 Å². The number of hydrogen-bond acceptors (Lipinski definition) is 4.